The van der Waals surface area contributed by atoms with Crippen LogP contribution in [0.1, 0.15) is 19.8 Å². The molecule has 0 aliphatic heterocycles. The fraction of sp³-hybridized carbons (Fsp3) is 0.571. The maximum absolute atomic E-state index is 10.6. The summed E-state index contributed by atoms with van der Waals surface area (Å²) in [6, 6.07) is 0. The molecule has 0 saturated carbocycles. The Hall–Kier alpha value is -0.440. The predicted molar refractivity (Wildman–Crippen MR) is 42.6 cm³/mol. The van der Waals surface area contributed by atoms with Gasteiger partial charge in [0.15, 0.2) is 0 Å². The van der Waals surface area contributed by atoms with Crippen LogP contribution in [0.3, 0.4) is 0 Å². The van der Waals surface area contributed by atoms with Crippen LogP contribution in [0.15, 0.2) is 12.3 Å². The largest absolute Gasteiger partial charge is 0.435 e. The first-order chi connectivity index (χ1) is 4.81. The van der Waals surface area contributed by atoms with Crippen molar-refractivity contribution in [3.8, 4) is 0 Å². The molecule has 0 aromatic carbocycles. The highest BCUT2D eigenvalue weighted by molar-refractivity contribution is 7.80. The third kappa shape index (κ3) is 5.69. The van der Waals surface area contributed by atoms with Crippen molar-refractivity contribution in [2.45, 2.75) is 19.8 Å². The number of carbonyl (C=O) groups is 1. The minimum atomic E-state index is -0.250. The fourth-order valence-corrected chi connectivity index (χ4v) is 0.529. The van der Waals surface area contributed by atoms with Gasteiger partial charge in [-0.05, 0) is 12.5 Å². The number of esters is 1. The lowest BCUT2D eigenvalue weighted by atomic mass is 10.5. The second kappa shape index (κ2) is 6.68. The second-order valence-electron chi connectivity index (χ2n) is 1.72. The van der Waals surface area contributed by atoms with Crippen molar-refractivity contribution in [3.05, 3.63) is 12.3 Å². The number of rotatable bonds is 4. The smallest absolute Gasteiger partial charge is 0.311 e. The van der Waals surface area contributed by atoms with E-state index in [1.165, 1.54) is 6.26 Å². The molecule has 10 heavy (non-hydrogen) atoms. The van der Waals surface area contributed by atoms with Gasteiger partial charge in [-0.3, -0.25) is 4.79 Å². The highest BCUT2D eigenvalue weighted by Gasteiger charge is 1.96. The van der Waals surface area contributed by atoms with E-state index in [2.05, 4.69) is 17.4 Å². The predicted octanol–water partition coefficient (Wildman–Crippen LogP) is 2.04. The van der Waals surface area contributed by atoms with Gasteiger partial charge >= 0.3 is 5.97 Å². The van der Waals surface area contributed by atoms with Gasteiger partial charge in [0, 0.05) is 5.75 Å². The Balaban J connectivity index is 3.30. The lowest BCUT2D eigenvalue weighted by Gasteiger charge is -1.93. The molecule has 0 bridgehead atoms. The van der Waals surface area contributed by atoms with Gasteiger partial charge in [0.1, 0.15) is 0 Å². The van der Waals surface area contributed by atoms with E-state index in [0.717, 1.165) is 6.42 Å². The molecule has 0 heterocycles. The molecule has 0 atom stereocenters. The Kier molecular flexibility index (Phi) is 6.38. The maximum atomic E-state index is 10.6. The Bertz CT molecular complexity index is 121. The average molecular weight is 159 g/mol. The highest BCUT2D eigenvalue weighted by Crippen LogP contribution is 1.90. The summed E-state index contributed by atoms with van der Waals surface area (Å²) in [6.45, 7) is 1.97. The molecule has 0 aromatic rings. The standard InChI is InChI=1S/C7H11O2S/c1-2-3-5-9-7(8)4-6-10/h3,5H,2,4,6H2,1H3. The van der Waals surface area contributed by atoms with Gasteiger partial charge in [0.05, 0.1) is 12.7 Å². The lowest BCUT2D eigenvalue weighted by molar-refractivity contribution is -0.137. The molecule has 0 aliphatic carbocycles. The fourth-order valence-electron chi connectivity index (χ4n) is 0.362. The minimum absolute atomic E-state index is 0.250. The van der Waals surface area contributed by atoms with E-state index in [1.807, 2.05) is 6.92 Å². The molecular weight excluding hydrogens is 148 g/mol. The first kappa shape index (κ1) is 9.56. The monoisotopic (exact) mass is 159 g/mol. The second-order valence-corrected chi connectivity index (χ2v) is 2.13. The Morgan fingerprint density at radius 1 is 1.70 bits per heavy atom. The molecule has 57 valence electrons. The van der Waals surface area contributed by atoms with E-state index in [1.54, 1.807) is 6.08 Å². The summed E-state index contributed by atoms with van der Waals surface area (Å²) < 4.78 is 4.64. The molecule has 0 aliphatic rings. The van der Waals surface area contributed by atoms with E-state index in [4.69, 9.17) is 0 Å². The van der Waals surface area contributed by atoms with Gasteiger partial charge < -0.3 is 4.74 Å². The van der Waals surface area contributed by atoms with Gasteiger partial charge in [0.2, 0.25) is 0 Å². The molecular formula is C7H11O2S. The number of carbonyl (C=O) groups excluding carboxylic acids is 1. The van der Waals surface area contributed by atoms with Gasteiger partial charge in [-0.2, -0.15) is 0 Å². The van der Waals surface area contributed by atoms with Crippen molar-refractivity contribution in [1.29, 1.82) is 0 Å². The van der Waals surface area contributed by atoms with Gasteiger partial charge in [-0.25, -0.2) is 0 Å². The number of hydrogen-bond acceptors (Lipinski definition) is 2. The van der Waals surface area contributed by atoms with Crippen molar-refractivity contribution in [2.75, 3.05) is 5.75 Å². The van der Waals surface area contributed by atoms with E-state index in [9.17, 15) is 4.79 Å². The van der Waals surface area contributed by atoms with Crippen LogP contribution in [-0.4, -0.2) is 11.7 Å². The van der Waals surface area contributed by atoms with Crippen LogP contribution < -0.4 is 0 Å². The van der Waals surface area contributed by atoms with E-state index in [0.29, 0.717) is 12.2 Å². The summed E-state index contributed by atoms with van der Waals surface area (Å²) in [5.74, 6) is 0.179. The Morgan fingerprint density at radius 2 is 2.40 bits per heavy atom. The third-order valence-electron chi connectivity index (χ3n) is 0.838. The summed E-state index contributed by atoms with van der Waals surface area (Å²) >= 11 is 4.58. The summed E-state index contributed by atoms with van der Waals surface area (Å²) in [6.07, 6.45) is 4.39. The molecule has 2 nitrogen and oxygen atoms in total. The first-order valence-corrected chi connectivity index (χ1v) is 3.81. The van der Waals surface area contributed by atoms with Crippen molar-refractivity contribution in [3.63, 3.8) is 0 Å². The molecule has 0 unspecified atom stereocenters. The van der Waals surface area contributed by atoms with Crippen molar-refractivity contribution in [2.24, 2.45) is 0 Å². The SMILES string of the molecule is CCC=COC(=O)CC[S]. The van der Waals surface area contributed by atoms with Crippen LogP contribution in [0, 0.1) is 0 Å². The molecule has 0 fully saturated rings. The van der Waals surface area contributed by atoms with Crippen molar-refractivity contribution < 1.29 is 9.53 Å². The zero-order valence-corrected chi connectivity index (χ0v) is 6.82. The number of ether oxygens (including phenoxy) is 1. The van der Waals surface area contributed by atoms with Crippen LogP contribution in [0.5, 0.6) is 0 Å². The normalized spacial score (nSPS) is 10.2. The van der Waals surface area contributed by atoms with Crippen LogP contribution in [0.4, 0.5) is 0 Å². The maximum Gasteiger partial charge on any atom is 0.311 e. The van der Waals surface area contributed by atoms with Crippen LogP contribution in [-0.2, 0) is 9.53 Å². The molecule has 0 rings (SSSR count). The van der Waals surface area contributed by atoms with Crippen molar-refractivity contribution in [1.82, 2.24) is 0 Å². The van der Waals surface area contributed by atoms with Crippen LogP contribution in [0.2, 0.25) is 0 Å². The van der Waals surface area contributed by atoms with E-state index >= 15 is 0 Å². The molecule has 0 aromatic heterocycles. The summed E-state index contributed by atoms with van der Waals surface area (Å²) in [7, 11) is 0. The zero-order chi connectivity index (χ0) is 7.82. The average Bonchev–Trinajstić information content (AvgIpc) is 1.89. The van der Waals surface area contributed by atoms with Crippen LogP contribution in [0.25, 0.3) is 0 Å². The molecule has 1 radical (unpaired) electrons. The molecule has 0 spiro atoms. The molecule has 0 amide bonds. The van der Waals surface area contributed by atoms with Gasteiger partial charge in [-0.1, -0.05) is 19.6 Å². The minimum Gasteiger partial charge on any atom is -0.435 e. The summed E-state index contributed by atoms with van der Waals surface area (Å²) in [5, 5.41) is 0. The molecule has 0 saturated heterocycles. The summed E-state index contributed by atoms with van der Waals surface area (Å²) in [5.41, 5.74) is 0. The molecule has 0 N–H and O–H groups in total. The zero-order valence-electron chi connectivity index (χ0n) is 6.00. The first-order valence-electron chi connectivity index (χ1n) is 3.23. The van der Waals surface area contributed by atoms with E-state index in [-0.39, 0.29) is 5.97 Å². The number of allylic oxidation sites excluding steroid dienone is 1. The van der Waals surface area contributed by atoms with Gasteiger partial charge in [0.25, 0.3) is 0 Å². The summed E-state index contributed by atoms with van der Waals surface area (Å²) in [4.78, 5) is 10.6. The third-order valence-corrected chi connectivity index (χ3v) is 1.04. The lowest BCUT2D eigenvalue weighted by Crippen LogP contribution is -1.99. The van der Waals surface area contributed by atoms with E-state index < -0.39 is 0 Å². The van der Waals surface area contributed by atoms with Crippen LogP contribution >= 0.6 is 12.6 Å². The van der Waals surface area contributed by atoms with Crippen molar-refractivity contribution >= 4 is 18.6 Å². The highest BCUT2D eigenvalue weighted by atomic mass is 32.1. The molecule has 3 heteroatoms. The van der Waals surface area contributed by atoms with Gasteiger partial charge in [-0.15, -0.1) is 0 Å². The topological polar surface area (TPSA) is 26.3 Å². The Labute approximate surface area is 66.7 Å². The quantitative estimate of drug-likeness (QED) is 0.463. The Morgan fingerprint density at radius 3 is 2.90 bits per heavy atom. The number of hydrogen-bond donors (Lipinski definition) is 0.